The van der Waals surface area contributed by atoms with Crippen molar-refractivity contribution in [2.75, 3.05) is 19.9 Å². The van der Waals surface area contributed by atoms with E-state index >= 15 is 0 Å². The molecule has 4 aliphatic heterocycles. The lowest BCUT2D eigenvalue weighted by molar-refractivity contribution is -0.126. The molecular weight excluding hydrogens is 330 g/mol. The molecule has 6 rings (SSSR count). The normalized spacial score (nSPS) is 27.9. The first kappa shape index (κ1) is 14.5. The summed E-state index contributed by atoms with van der Waals surface area (Å²) in [6, 6.07) is 3.81. The second-order valence-corrected chi connectivity index (χ2v) is 7.47. The molecule has 1 aromatic carbocycles. The summed E-state index contributed by atoms with van der Waals surface area (Å²) in [5.74, 6) is 2.19. The van der Waals surface area contributed by atoms with Gasteiger partial charge in [-0.2, -0.15) is 0 Å². The predicted molar refractivity (Wildman–Crippen MR) is 94.2 cm³/mol. The van der Waals surface area contributed by atoms with E-state index in [2.05, 4.69) is 11.0 Å². The van der Waals surface area contributed by atoms with E-state index in [-0.39, 0.29) is 12.6 Å². The maximum atomic E-state index is 13.4. The van der Waals surface area contributed by atoms with Crippen molar-refractivity contribution in [3.63, 3.8) is 0 Å². The Morgan fingerprint density at radius 2 is 1.92 bits per heavy atom. The summed E-state index contributed by atoms with van der Waals surface area (Å²) < 4.78 is 17.1. The van der Waals surface area contributed by atoms with Crippen molar-refractivity contribution in [2.24, 2.45) is 0 Å². The summed E-state index contributed by atoms with van der Waals surface area (Å²) >= 11 is 0. The molecule has 0 amide bonds. The number of fused-ring (bicyclic) bond motifs is 4. The molecule has 0 N–H and O–H groups in total. The van der Waals surface area contributed by atoms with Gasteiger partial charge in [0.15, 0.2) is 22.8 Å². The molecule has 1 atom stereocenters. The van der Waals surface area contributed by atoms with Crippen molar-refractivity contribution in [2.45, 2.75) is 31.2 Å². The quantitative estimate of drug-likeness (QED) is 0.720. The first-order chi connectivity index (χ1) is 12.8. The van der Waals surface area contributed by atoms with Gasteiger partial charge in [-0.1, -0.05) is 12.2 Å². The highest BCUT2D eigenvalue weighted by Crippen LogP contribution is 2.53. The van der Waals surface area contributed by atoms with Crippen LogP contribution in [-0.2, 0) is 10.3 Å². The van der Waals surface area contributed by atoms with Crippen molar-refractivity contribution in [1.29, 1.82) is 0 Å². The Bertz CT molecular complexity index is 942. The third kappa shape index (κ3) is 1.68. The van der Waals surface area contributed by atoms with Crippen molar-refractivity contribution in [3.8, 4) is 17.2 Å². The fraction of sp³-hybridized carbons (Fsp3) is 0.381. The first-order valence-corrected chi connectivity index (χ1v) is 9.24. The lowest BCUT2D eigenvalue weighted by Gasteiger charge is -2.41. The van der Waals surface area contributed by atoms with Crippen LogP contribution in [0.1, 0.15) is 31.2 Å². The molecule has 1 aromatic rings. The van der Waals surface area contributed by atoms with Crippen LogP contribution in [0.25, 0.3) is 0 Å². The molecule has 4 heterocycles. The van der Waals surface area contributed by atoms with Crippen molar-refractivity contribution in [1.82, 2.24) is 4.90 Å². The molecule has 0 aromatic heterocycles. The smallest absolute Gasteiger partial charge is 0.231 e. The van der Waals surface area contributed by atoms with Crippen molar-refractivity contribution in [3.05, 3.63) is 52.8 Å². The van der Waals surface area contributed by atoms with E-state index < -0.39 is 5.54 Å². The fourth-order valence-electron chi connectivity index (χ4n) is 4.99. The average molecular weight is 349 g/mol. The van der Waals surface area contributed by atoms with Crippen molar-refractivity contribution >= 4 is 5.78 Å². The molecule has 1 aliphatic carbocycles. The van der Waals surface area contributed by atoms with Gasteiger partial charge in [0.1, 0.15) is 12.4 Å². The number of rotatable bonds is 0. The molecule has 1 unspecified atom stereocenters. The molecular formula is C21H19NO4. The number of ether oxygens (including phenoxy) is 3. The monoisotopic (exact) mass is 349 g/mol. The molecule has 5 aliphatic rings. The average Bonchev–Trinajstić information content (AvgIpc) is 3.35. The van der Waals surface area contributed by atoms with Crippen LogP contribution >= 0.6 is 0 Å². The van der Waals surface area contributed by atoms with Gasteiger partial charge in [0, 0.05) is 23.9 Å². The number of hydrogen-bond acceptors (Lipinski definition) is 5. The third-order valence-corrected chi connectivity index (χ3v) is 6.21. The van der Waals surface area contributed by atoms with E-state index in [1.54, 1.807) is 6.08 Å². The lowest BCUT2D eigenvalue weighted by atomic mass is 9.81. The highest BCUT2D eigenvalue weighted by atomic mass is 16.7. The largest absolute Gasteiger partial charge is 0.490 e. The van der Waals surface area contributed by atoms with Gasteiger partial charge in [-0.05, 0) is 49.0 Å². The molecule has 0 saturated carbocycles. The van der Waals surface area contributed by atoms with Crippen LogP contribution in [0.4, 0.5) is 0 Å². The minimum Gasteiger partial charge on any atom is -0.490 e. The fourth-order valence-corrected chi connectivity index (χ4v) is 4.99. The Hall–Kier alpha value is -2.69. The summed E-state index contributed by atoms with van der Waals surface area (Å²) in [6.07, 6.45) is 10.3. The van der Waals surface area contributed by atoms with Gasteiger partial charge in [-0.25, -0.2) is 0 Å². The van der Waals surface area contributed by atoms with Crippen LogP contribution in [0.5, 0.6) is 17.2 Å². The number of ketones is 1. The topological polar surface area (TPSA) is 48.0 Å². The van der Waals surface area contributed by atoms with Crippen molar-refractivity contribution < 1.29 is 19.0 Å². The van der Waals surface area contributed by atoms with Crippen LogP contribution < -0.4 is 14.2 Å². The number of benzene rings is 1. The molecule has 0 radical (unpaired) electrons. The van der Waals surface area contributed by atoms with Crippen LogP contribution in [0.2, 0.25) is 0 Å². The van der Waals surface area contributed by atoms with E-state index in [4.69, 9.17) is 14.2 Å². The lowest BCUT2D eigenvalue weighted by Crippen LogP contribution is -2.52. The first-order valence-electron chi connectivity index (χ1n) is 9.24. The standard InChI is InChI=1S/C21H19NO4/c23-19-6-2-5-13-3-1-4-14-7-8-22(20(13)14)21(19)11-24-16-10-18-17(9-15(16)21)25-12-26-18/h2,6-7,9-10H,1,3-5,8,11-12H2. The zero-order valence-electron chi connectivity index (χ0n) is 14.4. The Balaban J connectivity index is 1.58. The van der Waals surface area contributed by atoms with Crippen LogP contribution in [0, 0.1) is 0 Å². The molecule has 1 spiro atoms. The molecule has 5 nitrogen and oxygen atoms in total. The summed E-state index contributed by atoms with van der Waals surface area (Å²) in [7, 11) is 0. The highest BCUT2D eigenvalue weighted by molar-refractivity contribution is 6.01. The molecule has 132 valence electrons. The Morgan fingerprint density at radius 1 is 1.04 bits per heavy atom. The summed E-state index contributed by atoms with van der Waals surface area (Å²) in [5.41, 5.74) is 4.19. The Labute approximate surface area is 151 Å². The number of allylic oxidation sites excluding steroid dienone is 3. The van der Waals surface area contributed by atoms with E-state index in [0.717, 1.165) is 37.1 Å². The van der Waals surface area contributed by atoms with E-state index in [1.807, 2.05) is 18.2 Å². The molecule has 26 heavy (non-hydrogen) atoms. The number of hydrogen-bond donors (Lipinski definition) is 0. The van der Waals surface area contributed by atoms with Crippen LogP contribution in [-0.4, -0.2) is 30.6 Å². The Morgan fingerprint density at radius 3 is 2.85 bits per heavy atom. The summed E-state index contributed by atoms with van der Waals surface area (Å²) in [6.45, 7) is 1.29. The van der Waals surface area contributed by atoms with Gasteiger partial charge in [-0.15, -0.1) is 0 Å². The zero-order valence-corrected chi connectivity index (χ0v) is 14.4. The Kier molecular flexibility index (Phi) is 2.75. The van der Waals surface area contributed by atoms with Gasteiger partial charge < -0.3 is 19.1 Å². The second kappa shape index (κ2) is 4.93. The predicted octanol–water partition coefficient (Wildman–Crippen LogP) is 3.21. The van der Waals surface area contributed by atoms with Gasteiger partial charge in [0.05, 0.1) is 0 Å². The molecule has 0 fully saturated rings. The van der Waals surface area contributed by atoms with E-state index in [1.165, 1.54) is 23.3 Å². The minimum absolute atomic E-state index is 0.0851. The summed E-state index contributed by atoms with van der Waals surface area (Å²) in [4.78, 5) is 15.7. The van der Waals surface area contributed by atoms with E-state index in [9.17, 15) is 4.79 Å². The van der Waals surface area contributed by atoms with Gasteiger partial charge in [-0.3, -0.25) is 4.79 Å². The third-order valence-electron chi connectivity index (χ3n) is 6.21. The zero-order chi connectivity index (χ0) is 17.3. The molecule has 0 bridgehead atoms. The van der Waals surface area contributed by atoms with Gasteiger partial charge >= 0.3 is 0 Å². The summed E-state index contributed by atoms with van der Waals surface area (Å²) in [5, 5.41) is 0. The van der Waals surface area contributed by atoms with E-state index in [0.29, 0.717) is 18.1 Å². The molecule has 5 heteroatoms. The SMILES string of the molecule is O=C1C=CCC2=C3C(=CCN3C13COc1cc4c(cc13)OCO4)CCC2. The van der Waals surface area contributed by atoms with Crippen LogP contribution in [0.15, 0.2) is 47.2 Å². The second-order valence-electron chi connectivity index (χ2n) is 7.47. The van der Waals surface area contributed by atoms with Gasteiger partial charge in [0.2, 0.25) is 6.79 Å². The van der Waals surface area contributed by atoms with Gasteiger partial charge in [0.25, 0.3) is 0 Å². The maximum Gasteiger partial charge on any atom is 0.231 e. The molecule has 0 saturated heterocycles. The number of nitrogens with zero attached hydrogens (tertiary/aromatic N) is 1. The number of carbonyl (C=O) groups is 1. The van der Waals surface area contributed by atoms with Crippen LogP contribution in [0.3, 0.4) is 0 Å². The highest BCUT2D eigenvalue weighted by Gasteiger charge is 2.54. The maximum absolute atomic E-state index is 13.4. The number of carbonyl (C=O) groups excluding carboxylic acids is 1. The minimum atomic E-state index is -0.816.